The molecule has 4 N–H and O–H groups in total. The van der Waals surface area contributed by atoms with Crippen molar-refractivity contribution in [3.05, 3.63) is 66.0 Å². The number of nitrogens with zero attached hydrogens (tertiary/aromatic N) is 5. The van der Waals surface area contributed by atoms with Crippen molar-refractivity contribution in [3.8, 4) is 0 Å². The first kappa shape index (κ1) is 28.4. The van der Waals surface area contributed by atoms with Gasteiger partial charge in [0.25, 0.3) is 0 Å². The average Bonchev–Trinajstić information content (AvgIpc) is 3.48. The number of allylic oxidation sites excluding steroid dienone is 3. The average molecular weight is 553 g/mol. The molecule has 0 amide bonds. The smallest absolute Gasteiger partial charge is 0.231 e. The molecule has 1 aromatic carbocycles. The van der Waals surface area contributed by atoms with E-state index in [9.17, 15) is 8.42 Å². The van der Waals surface area contributed by atoms with Gasteiger partial charge in [-0.2, -0.15) is 4.99 Å². The second-order valence-corrected chi connectivity index (χ2v) is 12.6. The number of nitrogens with two attached hydrogens (primary N) is 1. The number of sulfonamides is 1. The molecule has 3 heterocycles. The standard InChI is InChI=1S/C28H40N8O2S/c1-6-7-8-25(35(4)39(5,37)38)21(2)31-17-22-13-15-30-26(22)33-27(29)32-23-9-11-24(12-10-23)36-19-28(20-36)14-16-34(3)18-28/h6-13,15,17,21,30H,14,16,18-20H2,1-5H3,(H3,29,32,33)/b7-6-,25-8+,31-17?. The molecule has 1 spiro atoms. The Morgan fingerprint density at radius 1 is 1.23 bits per heavy atom. The van der Waals surface area contributed by atoms with Crippen molar-refractivity contribution in [1.82, 2.24) is 14.2 Å². The summed E-state index contributed by atoms with van der Waals surface area (Å²) in [6.45, 7) is 8.32. The first-order valence-corrected chi connectivity index (χ1v) is 15.0. The number of aromatic amines is 1. The topological polar surface area (TPSA) is 122 Å². The third-order valence-corrected chi connectivity index (χ3v) is 8.57. The van der Waals surface area contributed by atoms with E-state index in [4.69, 9.17) is 5.73 Å². The van der Waals surface area contributed by atoms with Gasteiger partial charge < -0.3 is 25.8 Å². The van der Waals surface area contributed by atoms with Crippen molar-refractivity contribution in [1.29, 1.82) is 0 Å². The van der Waals surface area contributed by atoms with Gasteiger partial charge in [0.05, 0.1) is 18.0 Å². The number of benzene rings is 1. The Kier molecular flexibility index (Phi) is 8.51. The molecule has 39 heavy (non-hydrogen) atoms. The van der Waals surface area contributed by atoms with E-state index in [2.05, 4.69) is 49.3 Å². The van der Waals surface area contributed by atoms with Gasteiger partial charge >= 0.3 is 0 Å². The fourth-order valence-corrected chi connectivity index (χ4v) is 5.75. The highest BCUT2D eigenvalue weighted by molar-refractivity contribution is 7.88. The molecule has 2 saturated heterocycles. The number of likely N-dealkylation sites (N-methyl/N-ethyl adjacent to an activating group) is 1. The summed E-state index contributed by atoms with van der Waals surface area (Å²) in [4.78, 5) is 17.0. The first-order valence-electron chi connectivity index (χ1n) is 13.1. The number of nitrogens with one attached hydrogen (secondary N) is 2. The summed E-state index contributed by atoms with van der Waals surface area (Å²) in [6, 6.07) is 9.69. The summed E-state index contributed by atoms with van der Waals surface area (Å²) in [5.41, 5.74) is 10.0. The molecule has 10 nitrogen and oxygen atoms in total. The minimum absolute atomic E-state index is 0.246. The van der Waals surface area contributed by atoms with Gasteiger partial charge in [0.15, 0.2) is 5.96 Å². The summed E-state index contributed by atoms with van der Waals surface area (Å²) >= 11 is 0. The molecule has 11 heteroatoms. The molecule has 2 aromatic rings. The van der Waals surface area contributed by atoms with Gasteiger partial charge in [-0.1, -0.05) is 12.2 Å². The van der Waals surface area contributed by atoms with Crippen molar-refractivity contribution < 1.29 is 8.42 Å². The SMILES string of the molecule is C/C=C\C=C(/C(C)N=Cc1cc[nH]c1N=C(N)Nc1ccc(N2CC3(CCN(C)C3)C2)cc1)N(C)S(C)(=O)=O. The lowest BCUT2D eigenvalue weighted by atomic mass is 9.79. The Bertz CT molecular complexity index is 1370. The maximum Gasteiger partial charge on any atom is 0.231 e. The van der Waals surface area contributed by atoms with E-state index in [0.29, 0.717) is 16.9 Å². The normalized spacial score (nSPS) is 19.3. The van der Waals surface area contributed by atoms with Crippen LogP contribution in [0.5, 0.6) is 0 Å². The van der Waals surface area contributed by atoms with Gasteiger partial charge in [-0.05, 0) is 70.3 Å². The fraction of sp³-hybridized carbons (Fsp3) is 0.429. The zero-order chi connectivity index (χ0) is 28.2. The zero-order valence-corrected chi connectivity index (χ0v) is 24.2. The minimum atomic E-state index is -3.42. The molecule has 4 rings (SSSR count). The highest BCUT2D eigenvalue weighted by Gasteiger charge is 2.46. The molecule has 1 unspecified atom stereocenters. The molecule has 210 valence electrons. The zero-order valence-electron chi connectivity index (χ0n) is 23.4. The van der Waals surface area contributed by atoms with Crippen LogP contribution in [0, 0.1) is 5.41 Å². The van der Waals surface area contributed by atoms with Crippen LogP contribution in [-0.4, -0.2) is 87.4 Å². The number of anilines is 2. The maximum atomic E-state index is 12.1. The molecule has 1 atom stereocenters. The Balaban J connectivity index is 1.39. The van der Waals surface area contributed by atoms with E-state index in [1.54, 1.807) is 24.6 Å². The number of hydrogen-bond donors (Lipinski definition) is 3. The number of rotatable bonds is 9. The summed E-state index contributed by atoms with van der Waals surface area (Å²) in [5.74, 6) is 0.797. The van der Waals surface area contributed by atoms with Crippen LogP contribution in [0.1, 0.15) is 25.8 Å². The van der Waals surface area contributed by atoms with Gasteiger partial charge in [0.2, 0.25) is 10.0 Å². The highest BCUT2D eigenvalue weighted by Crippen LogP contribution is 2.41. The second kappa shape index (κ2) is 11.7. The predicted molar refractivity (Wildman–Crippen MR) is 161 cm³/mol. The molecule has 0 aliphatic carbocycles. The van der Waals surface area contributed by atoms with Crippen molar-refractivity contribution >= 4 is 39.4 Å². The lowest BCUT2D eigenvalue weighted by Gasteiger charge is -2.49. The van der Waals surface area contributed by atoms with Crippen LogP contribution < -0.4 is 16.0 Å². The van der Waals surface area contributed by atoms with Crippen LogP contribution in [0.4, 0.5) is 17.2 Å². The van der Waals surface area contributed by atoms with Crippen molar-refractivity contribution in [3.63, 3.8) is 0 Å². The van der Waals surface area contributed by atoms with E-state index in [1.165, 1.54) is 42.8 Å². The lowest BCUT2D eigenvalue weighted by molar-refractivity contribution is 0.218. The predicted octanol–water partition coefficient (Wildman–Crippen LogP) is 3.37. The Morgan fingerprint density at radius 3 is 2.56 bits per heavy atom. The summed E-state index contributed by atoms with van der Waals surface area (Å²) in [5, 5.41) is 3.15. The number of aliphatic imine (C=N–C) groups is 2. The van der Waals surface area contributed by atoms with E-state index in [1.807, 2.05) is 38.1 Å². The van der Waals surface area contributed by atoms with Gasteiger partial charge in [-0.3, -0.25) is 9.30 Å². The van der Waals surface area contributed by atoms with Gasteiger partial charge in [0.1, 0.15) is 5.82 Å². The molecule has 0 saturated carbocycles. The quantitative estimate of drug-likeness (QED) is 0.249. The molecule has 2 fully saturated rings. The molecule has 0 radical (unpaired) electrons. The monoisotopic (exact) mass is 552 g/mol. The van der Waals surface area contributed by atoms with Crippen LogP contribution >= 0.6 is 0 Å². The van der Waals surface area contributed by atoms with E-state index in [-0.39, 0.29) is 5.96 Å². The molecular weight excluding hydrogens is 512 g/mol. The molecule has 2 aliphatic heterocycles. The third kappa shape index (κ3) is 6.90. The minimum Gasteiger partial charge on any atom is -0.370 e. The molecule has 2 aliphatic rings. The van der Waals surface area contributed by atoms with Crippen LogP contribution in [-0.2, 0) is 10.0 Å². The fourth-order valence-electron chi connectivity index (χ4n) is 5.15. The van der Waals surface area contributed by atoms with Crippen LogP contribution in [0.2, 0.25) is 0 Å². The number of hydrogen-bond acceptors (Lipinski definition) is 6. The Labute approximate surface area is 232 Å². The van der Waals surface area contributed by atoms with Gasteiger partial charge in [0, 0.05) is 61.4 Å². The lowest BCUT2D eigenvalue weighted by Crippen LogP contribution is -2.57. The largest absolute Gasteiger partial charge is 0.370 e. The number of aromatic nitrogens is 1. The Hall–Kier alpha value is -3.57. The van der Waals surface area contributed by atoms with Gasteiger partial charge in [-0.25, -0.2) is 8.42 Å². The first-order chi connectivity index (χ1) is 18.5. The second-order valence-electron chi connectivity index (χ2n) is 10.6. The number of guanidine groups is 1. The van der Waals surface area contributed by atoms with Crippen molar-refractivity contribution in [2.75, 3.05) is 56.7 Å². The maximum absolute atomic E-state index is 12.1. The summed E-state index contributed by atoms with van der Waals surface area (Å²) < 4.78 is 25.4. The van der Waals surface area contributed by atoms with Crippen LogP contribution in [0.3, 0.4) is 0 Å². The van der Waals surface area contributed by atoms with Crippen molar-refractivity contribution in [2.45, 2.75) is 26.3 Å². The number of H-pyrrole nitrogens is 1. The van der Waals surface area contributed by atoms with Crippen LogP contribution in [0.15, 0.2) is 70.4 Å². The van der Waals surface area contributed by atoms with Gasteiger partial charge in [-0.15, -0.1) is 0 Å². The third-order valence-electron chi connectivity index (χ3n) is 7.36. The van der Waals surface area contributed by atoms with E-state index >= 15 is 0 Å². The molecule has 0 bridgehead atoms. The highest BCUT2D eigenvalue weighted by atomic mass is 32.2. The van der Waals surface area contributed by atoms with E-state index < -0.39 is 16.1 Å². The van der Waals surface area contributed by atoms with Crippen LogP contribution in [0.25, 0.3) is 0 Å². The summed E-state index contributed by atoms with van der Waals surface area (Å²) in [7, 11) is 0.309. The summed E-state index contributed by atoms with van der Waals surface area (Å²) in [6.07, 6.45) is 11.3. The molecular formula is C28H40N8O2S. The number of likely N-dealkylation sites (tertiary alicyclic amines) is 1. The molecule has 1 aromatic heterocycles. The van der Waals surface area contributed by atoms with Crippen molar-refractivity contribution in [2.24, 2.45) is 21.1 Å². The van der Waals surface area contributed by atoms with E-state index in [0.717, 1.165) is 24.3 Å². The Morgan fingerprint density at radius 2 is 1.95 bits per heavy atom.